The summed E-state index contributed by atoms with van der Waals surface area (Å²) in [6.07, 6.45) is 7.39. The van der Waals surface area contributed by atoms with Crippen LogP contribution in [-0.4, -0.2) is 4.57 Å². The van der Waals surface area contributed by atoms with Gasteiger partial charge in [0.1, 0.15) is 0 Å². The molecule has 0 spiro atoms. The summed E-state index contributed by atoms with van der Waals surface area (Å²) in [4.78, 5) is 0. The lowest BCUT2D eigenvalue weighted by Crippen LogP contribution is -2.08. The lowest BCUT2D eigenvalue weighted by Gasteiger charge is -2.25. The van der Waals surface area contributed by atoms with Crippen molar-refractivity contribution in [1.82, 2.24) is 4.57 Å². The van der Waals surface area contributed by atoms with Gasteiger partial charge in [-0.1, -0.05) is 6.42 Å². The molecular formula is C15H15F2N. The summed E-state index contributed by atoms with van der Waals surface area (Å²) in [5, 5.41) is 0.564. The van der Waals surface area contributed by atoms with Crippen LogP contribution in [0.15, 0.2) is 12.3 Å². The Balaban J connectivity index is 2.08. The van der Waals surface area contributed by atoms with Crippen LogP contribution in [0, 0.1) is 11.6 Å². The quantitative estimate of drug-likeness (QED) is 0.714. The molecule has 0 radical (unpaired) electrons. The van der Waals surface area contributed by atoms with Gasteiger partial charge in [-0.15, -0.1) is 0 Å². The van der Waals surface area contributed by atoms with Crippen molar-refractivity contribution < 1.29 is 8.78 Å². The van der Waals surface area contributed by atoms with Crippen molar-refractivity contribution in [3.8, 4) is 0 Å². The highest BCUT2D eigenvalue weighted by atomic mass is 19.2. The third kappa shape index (κ3) is 1.25. The van der Waals surface area contributed by atoms with Crippen LogP contribution in [0.4, 0.5) is 8.78 Å². The van der Waals surface area contributed by atoms with Crippen molar-refractivity contribution in [2.45, 2.75) is 44.6 Å². The van der Waals surface area contributed by atoms with Gasteiger partial charge in [-0.3, -0.25) is 0 Å². The number of nitrogens with zero attached hydrogens (tertiary/aromatic N) is 1. The third-order valence-electron chi connectivity index (χ3n) is 4.53. The van der Waals surface area contributed by atoms with Crippen LogP contribution in [0.3, 0.4) is 0 Å². The van der Waals surface area contributed by atoms with Crippen molar-refractivity contribution >= 4 is 10.9 Å². The fourth-order valence-electron chi connectivity index (χ4n) is 3.39. The second-order valence-electron chi connectivity index (χ2n) is 5.56. The Labute approximate surface area is 104 Å². The lowest BCUT2D eigenvalue weighted by molar-refractivity contribution is 0.420. The number of hydrogen-bond donors (Lipinski definition) is 0. The lowest BCUT2D eigenvalue weighted by atomic mass is 9.80. The summed E-state index contributed by atoms with van der Waals surface area (Å²) in [5.41, 5.74) is 2.96. The van der Waals surface area contributed by atoms with Crippen LogP contribution in [0.2, 0.25) is 0 Å². The molecule has 1 aliphatic heterocycles. The first-order valence-electron chi connectivity index (χ1n) is 6.75. The predicted molar refractivity (Wildman–Crippen MR) is 66.8 cm³/mol. The Hall–Kier alpha value is -1.38. The minimum atomic E-state index is -0.683. The Bertz CT molecular complexity index is 638. The second-order valence-corrected chi connectivity index (χ2v) is 5.56. The molecule has 0 atom stereocenters. The average Bonchev–Trinajstić information content (AvgIpc) is 2.64. The molecule has 0 N–H and O–H groups in total. The fourth-order valence-corrected chi connectivity index (χ4v) is 3.39. The van der Waals surface area contributed by atoms with Crippen LogP contribution in [0.5, 0.6) is 0 Å². The number of rotatable bonds is 1. The zero-order valence-electron chi connectivity index (χ0n) is 10.2. The van der Waals surface area contributed by atoms with Crippen molar-refractivity contribution in [3.63, 3.8) is 0 Å². The van der Waals surface area contributed by atoms with Gasteiger partial charge in [0.15, 0.2) is 11.6 Å². The maximum Gasteiger partial charge on any atom is 0.168 e. The van der Waals surface area contributed by atoms with E-state index in [0.29, 0.717) is 11.3 Å². The van der Waals surface area contributed by atoms with Gasteiger partial charge < -0.3 is 4.57 Å². The van der Waals surface area contributed by atoms with Gasteiger partial charge in [-0.05, 0) is 48.8 Å². The van der Waals surface area contributed by atoms with E-state index in [1.165, 1.54) is 12.5 Å². The predicted octanol–water partition coefficient (Wildman–Crippen LogP) is 4.13. The number of hydrogen-bond acceptors (Lipinski definition) is 0. The van der Waals surface area contributed by atoms with Crippen LogP contribution in [0.25, 0.3) is 10.9 Å². The van der Waals surface area contributed by atoms with Crippen LogP contribution < -0.4 is 0 Å². The molecule has 94 valence electrons. The molecule has 1 aromatic heterocycles. The summed E-state index contributed by atoms with van der Waals surface area (Å²) in [7, 11) is 0. The van der Waals surface area contributed by atoms with E-state index in [1.807, 2.05) is 0 Å². The molecule has 18 heavy (non-hydrogen) atoms. The van der Waals surface area contributed by atoms with E-state index in [2.05, 4.69) is 10.8 Å². The highest BCUT2D eigenvalue weighted by Crippen LogP contribution is 2.43. The number of aromatic nitrogens is 1. The molecule has 1 aliphatic carbocycles. The van der Waals surface area contributed by atoms with Crippen LogP contribution >= 0.6 is 0 Å². The van der Waals surface area contributed by atoms with E-state index in [9.17, 15) is 8.78 Å². The maximum atomic E-state index is 14.1. The smallest absolute Gasteiger partial charge is 0.168 e. The van der Waals surface area contributed by atoms with Gasteiger partial charge in [0.05, 0.1) is 5.52 Å². The zero-order chi connectivity index (χ0) is 12.3. The molecule has 1 fully saturated rings. The molecule has 0 bridgehead atoms. The normalized spacial score (nSPS) is 19.2. The van der Waals surface area contributed by atoms with E-state index in [0.717, 1.165) is 48.9 Å². The van der Waals surface area contributed by atoms with Gasteiger partial charge in [0.2, 0.25) is 0 Å². The topological polar surface area (TPSA) is 4.93 Å². The second kappa shape index (κ2) is 3.56. The molecule has 0 amide bonds. The van der Waals surface area contributed by atoms with Gasteiger partial charge >= 0.3 is 0 Å². The molecule has 1 saturated carbocycles. The molecule has 2 aromatic rings. The molecule has 3 heteroatoms. The van der Waals surface area contributed by atoms with Gasteiger partial charge in [0.25, 0.3) is 0 Å². The van der Waals surface area contributed by atoms with Crippen molar-refractivity contribution in [3.05, 3.63) is 35.0 Å². The molecule has 1 nitrogen and oxygen atoms in total. The van der Waals surface area contributed by atoms with Crippen LogP contribution in [0.1, 0.15) is 42.7 Å². The SMILES string of the molecule is Fc1cc2c3c(c(C4CCC4)cn3CCC2)c1F. The Morgan fingerprint density at radius 1 is 1.17 bits per heavy atom. The Morgan fingerprint density at radius 2 is 2.00 bits per heavy atom. The average molecular weight is 247 g/mol. The van der Waals surface area contributed by atoms with E-state index in [-0.39, 0.29) is 0 Å². The minimum Gasteiger partial charge on any atom is -0.347 e. The molecule has 2 heterocycles. The first kappa shape index (κ1) is 10.5. The largest absolute Gasteiger partial charge is 0.347 e. The third-order valence-corrected chi connectivity index (χ3v) is 4.53. The Morgan fingerprint density at radius 3 is 2.72 bits per heavy atom. The standard InChI is InChI=1S/C15H15F2N/c16-12-7-10-5-2-6-18-8-11(9-3-1-4-9)13(14(12)17)15(10)18/h7-9H,1-6H2. The summed E-state index contributed by atoms with van der Waals surface area (Å²) < 4.78 is 30.0. The minimum absolute atomic E-state index is 0.441. The molecule has 2 aliphatic rings. The van der Waals surface area contributed by atoms with Crippen molar-refractivity contribution in [1.29, 1.82) is 0 Å². The van der Waals surface area contributed by atoms with E-state index < -0.39 is 11.6 Å². The van der Waals surface area contributed by atoms with Crippen molar-refractivity contribution in [2.75, 3.05) is 0 Å². The molecule has 0 saturated heterocycles. The fraction of sp³-hybridized carbons (Fsp3) is 0.467. The van der Waals surface area contributed by atoms with E-state index >= 15 is 0 Å². The van der Waals surface area contributed by atoms with Crippen LogP contribution in [-0.2, 0) is 13.0 Å². The van der Waals surface area contributed by atoms with Crippen molar-refractivity contribution in [2.24, 2.45) is 0 Å². The monoisotopic (exact) mass is 247 g/mol. The number of halogens is 2. The first-order chi connectivity index (χ1) is 8.75. The number of benzene rings is 1. The maximum absolute atomic E-state index is 14.1. The van der Waals surface area contributed by atoms with E-state index in [1.54, 1.807) is 0 Å². The number of aryl methyl sites for hydroxylation is 2. The Kier molecular flexibility index (Phi) is 2.08. The summed E-state index contributed by atoms with van der Waals surface area (Å²) in [5.74, 6) is -0.884. The highest BCUT2D eigenvalue weighted by molar-refractivity contribution is 5.88. The molecular weight excluding hydrogens is 232 g/mol. The molecule has 0 unspecified atom stereocenters. The molecule has 1 aromatic carbocycles. The summed E-state index contributed by atoms with van der Waals surface area (Å²) >= 11 is 0. The van der Waals surface area contributed by atoms with Gasteiger partial charge in [0, 0.05) is 18.1 Å². The van der Waals surface area contributed by atoms with Gasteiger partial charge in [-0.2, -0.15) is 0 Å². The van der Waals surface area contributed by atoms with Gasteiger partial charge in [-0.25, -0.2) is 8.78 Å². The summed E-state index contributed by atoms with van der Waals surface area (Å²) in [6, 6.07) is 1.39. The molecule has 4 rings (SSSR count). The first-order valence-corrected chi connectivity index (χ1v) is 6.75. The van der Waals surface area contributed by atoms with E-state index in [4.69, 9.17) is 0 Å². The highest BCUT2D eigenvalue weighted by Gasteiger charge is 2.28. The zero-order valence-corrected chi connectivity index (χ0v) is 10.2. The summed E-state index contributed by atoms with van der Waals surface area (Å²) in [6.45, 7) is 0.932.